The van der Waals surface area contributed by atoms with Gasteiger partial charge in [-0.1, -0.05) is 30.3 Å². The number of benzene rings is 3. The second-order valence-corrected chi connectivity index (χ2v) is 10.4. The number of anilines is 2. The molecule has 0 saturated carbocycles. The van der Waals surface area contributed by atoms with E-state index in [-0.39, 0.29) is 48.2 Å². The summed E-state index contributed by atoms with van der Waals surface area (Å²) in [6, 6.07) is 19.3. The summed E-state index contributed by atoms with van der Waals surface area (Å²) in [5.41, 5.74) is 7.92. The molecular formula is C25H25N7O5S. The van der Waals surface area contributed by atoms with Gasteiger partial charge in [0.15, 0.2) is 11.2 Å². The molecule has 0 aliphatic carbocycles. The minimum absolute atomic E-state index is 0.0449. The molecule has 0 aliphatic rings. The van der Waals surface area contributed by atoms with Gasteiger partial charge in [0.2, 0.25) is 16.0 Å². The molecule has 0 atom stereocenters. The van der Waals surface area contributed by atoms with E-state index < -0.39 is 15.6 Å². The van der Waals surface area contributed by atoms with Crippen LogP contribution in [0.25, 0.3) is 21.9 Å². The Hall–Kier alpha value is -4.46. The smallest absolute Gasteiger partial charge is 0.280 e. The maximum Gasteiger partial charge on any atom is 0.280 e. The Bertz CT molecular complexity index is 1750. The van der Waals surface area contributed by atoms with Crippen LogP contribution in [-0.4, -0.2) is 57.1 Å². The minimum Gasteiger partial charge on any atom is -0.492 e. The van der Waals surface area contributed by atoms with Crippen LogP contribution in [0.15, 0.2) is 82.7 Å². The standard InChI is InChI=1S/C25H25N7O5S/c26-25-28-23-22(24(33)29-25)27-16-31(23)11-12-32(38(35,36)21-9-6-19(30-34)7-10-21)13-14-37-20-8-5-17-3-1-2-4-18(17)15-20/h1-10,15-16,30,34H,11-14H2,(H3,26,28,29,33). The van der Waals surface area contributed by atoms with Crippen LogP contribution in [0.1, 0.15) is 0 Å². The van der Waals surface area contributed by atoms with Crippen molar-refractivity contribution < 1.29 is 18.4 Å². The van der Waals surface area contributed by atoms with Gasteiger partial charge in [-0.3, -0.25) is 20.5 Å². The number of imidazole rings is 1. The van der Waals surface area contributed by atoms with Crippen molar-refractivity contribution in [1.82, 2.24) is 23.8 Å². The topological polar surface area (TPSA) is 168 Å². The van der Waals surface area contributed by atoms with Crippen LogP contribution in [0.4, 0.5) is 11.6 Å². The highest BCUT2D eigenvalue weighted by molar-refractivity contribution is 7.89. The number of nitrogens with zero attached hydrogens (tertiary/aromatic N) is 4. The lowest BCUT2D eigenvalue weighted by molar-refractivity contribution is 0.269. The maximum atomic E-state index is 13.6. The number of fused-ring (bicyclic) bond motifs is 2. The first-order valence-corrected chi connectivity index (χ1v) is 13.1. The first-order chi connectivity index (χ1) is 18.3. The normalized spacial score (nSPS) is 11.8. The SMILES string of the molecule is Nc1nc2c(ncn2CCN(CCOc2ccc3ccccc3c2)S(=O)(=O)c2ccc(NO)cc2)c(=O)[nH]1. The molecule has 0 fully saturated rings. The third-order valence-electron chi connectivity index (χ3n) is 6.03. The van der Waals surface area contributed by atoms with Gasteiger partial charge in [-0.2, -0.15) is 9.29 Å². The second-order valence-electron chi connectivity index (χ2n) is 8.46. The maximum absolute atomic E-state index is 13.6. The fourth-order valence-corrected chi connectivity index (χ4v) is 5.49. The van der Waals surface area contributed by atoms with E-state index in [0.717, 1.165) is 10.8 Å². The van der Waals surface area contributed by atoms with Crippen LogP contribution in [0.5, 0.6) is 5.75 Å². The lowest BCUT2D eigenvalue weighted by Gasteiger charge is -2.23. The second kappa shape index (κ2) is 10.5. The predicted molar refractivity (Wildman–Crippen MR) is 143 cm³/mol. The Labute approximate surface area is 217 Å². The molecule has 0 unspecified atom stereocenters. The first-order valence-electron chi connectivity index (χ1n) is 11.7. The number of hydrogen-bond acceptors (Lipinski definition) is 9. The van der Waals surface area contributed by atoms with Crippen molar-refractivity contribution in [2.45, 2.75) is 11.4 Å². The summed E-state index contributed by atoms with van der Waals surface area (Å²) in [6.07, 6.45) is 1.42. The minimum atomic E-state index is -3.94. The fourth-order valence-electron chi connectivity index (χ4n) is 4.08. The number of nitrogens with two attached hydrogens (primary N) is 1. The van der Waals surface area contributed by atoms with Crippen LogP contribution in [-0.2, 0) is 16.6 Å². The fraction of sp³-hybridized carbons (Fsp3) is 0.160. The van der Waals surface area contributed by atoms with Crippen molar-refractivity contribution in [3.8, 4) is 5.75 Å². The third kappa shape index (κ3) is 5.16. The van der Waals surface area contributed by atoms with E-state index in [1.165, 1.54) is 34.9 Å². The van der Waals surface area contributed by atoms with E-state index in [9.17, 15) is 13.2 Å². The van der Waals surface area contributed by atoms with Crippen molar-refractivity contribution in [1.29, 1.82) is 0 Å². The zero-order chi connectivity index (χ0) is 26.7. The Morgan fingerprint density at radius 2 is 1.82 bits per heavy atom. The molecule has 2 heterocycles. The molecule has 5 rings (SSSR count). The number of H-pyrrole nitrogens is 1. The number of rotatable bonds is 10. The Morgan fingerprint density at radius 3 is 2.58 bits per heavy atom. The highest BCUT2D eigenvalue weighted by Crippen LogP contribution is 2.22. The van der Waals surface area contributed by atoms with E-state index in [1.54, 1.807) is 4.57 Å². The van der Waals surface area contributed by atoms with Crippen molar-refractivity contribution in [2.75, 3.05) is 30.9 Å². The molecule has 0 saturated heterocycles. The summed E-state index contributed by atoms with van der Waals surface area (Å²) in [7, 11) is -3.94. The summed E-state index contributed by atoms with van der Waals surface area (Å²) in [5.74, 6) is 0.564. The first kappa shape index (κ1) is 25.2. The van der Waals surface area contributed by atoms with Crippen molar-refractivity contribution in [3.63, 3.8) is 0 Å². The van der Waals surface area contributed by atoms with Gasteiger partial charge in [-0.15, -0.1) is 0 Å². The van der Waals surface area contributed by atoms with E-state index in [1.807, 2.05) is 47.9 Å². The number of aromatic nitrogens is 4. The van der Waals surface area contributed by atoms with Crippen LogP contribution < -0.4 is 21.5 Å². The Kier molecular flexibility index (Phi) is 6.96. The molecule has 5 aromatic rings. The number of hydrogen-bond donors (Lipinski definition) is 4. The number of ether oxygens (including phenoxy) is 1. The molecule has 0 spiro atoms. The molecule has 0 aliphatic heterocycles. The summed E-state index contributed by atoms with van der Waals surface area (Å²) < 4.78 is 35.9. The summed E-state index contributed by atoms with van der Waals surface area (Å²) in [4.78, 5) is 22.8. The van der Waals surface area contributed by atoms with Gasteiger partial charge >= 0.3 is 0 Å². The summed E-state index contributed by atoms with van der Waals surface area (Å²) in [6.45, 7) is 0.364. The molecule has 12 nitrogen and oxygen atoms in total. The van der Waals surface area contributed by atoms with E-state index in [4.69, 9.17) is 15.7 Å². The van der Waals surface area contributed by atoms with E-state index in [2.05, 4.69) is 15.0 Å². The molecule has 38 heavy (non-hydrogen) atoms. The lowest BCUT2D eigenvalue weighted by Crippen LogP contribution is -2.37. The molecule has 2 aromatic heterocycles. The molecule has 5 N–H and O–H groups in total. The average molecular weight is 536 g/mol. The average Bonchev–Trinajstić information content (AvgIpc) is 3.33. The zero-order valence-electron chi connectivity index (χ0n) is 20.1. The molecular weight excluding hydrogens is 510 g/mol. The molecule has 0 amide bonds. The van der Waals surface area contributed by atoms with Gasteiger partial charge in [0.25, 0.3) is 5.56 Å². The molecule has 0 bridgehead atoms. The van der Waals surface area contributed by atoms with Gasteiger partial charge in [0.1, 0.15) is 12.4 Å². The zero-order valence-corrected chi connectivity index (χ0v) is 20.9. The number of nitrogens with one attached hydrogen (secondary N) is 2. The highest BCUT2D eigenvalue weighted by atomic mass is 32.2. The quantitative estimate of drug-likeness (QED) is 0.196. The Balaban J connectivity index is 1.37. The monoisotopic (exact) mass is 535 g/mol. The number of aromatic amines is 1. The van der Waals surface area contributed by atoms with E-state index in [0.29, 0.717) is 11.4 Å². The Morgan fingerprint density at radius 1 is 1.05 bits per heavy atom. The predicted octanol–water partition coefficient (Wildman–Crippen LogP) is 2.43. The van der Waals surface area contributed by atoms with Crippen molar-refractivity contribution >= 4 is 43.6 Å². The van der Waals surface area contributed by atoms with Gasteiger partial charge in [-0.05, 0) is 47.2 Å². The van der Waals surface area contributed by atoms with Gasteiger partial charge in [0, 0.05) is 19.6 Å². The number of sulfonamides is 1. The van der Waals surface area contributed by atoms with Gasteiger partial charge in [-0.25, -0.2) is 13.4 Å². The lowest BCUT2D eigenvalue weighted by atomic mass is 10.1. The van der Waals surface area contributed by atoms with Gasteiger partial charge < -0.3 is 15.0 Å². The largest absolute Gasteiger partial charge is 0.492 e. The van der Waals surface area contributed by atoms with Crippen LogP contribution in [0, 0.1) is 0 Å². The third-order valence-corrected chi connectivity index (χ3v) is 7.95. The van der Waals surface area contributed by atoms with Crippen molar-refractivity contribution in [3.05, 3.63) is 83.4 Å². The van der Waals surface area contributed by atoms with Crippen LogP contribution >= 0.6 is 0 Å². The summed E-state index contributed by atoms with van der Waals surface area (Å²) >= 11 is 0. The number of nitrogen functional groups attached to an aromatic ring is 1. The van der Waals surface area contributed by atoms with Crippen molar-refractivity contribution in [2.24, 2.45) is 0 Å². The molecule has 3 aromatic carbocycles. The van der Waals surface area contributed by atoms with Crippen LogP contribution in [0.3, 0.4) is 0 Å². The molecule has 0 radical (unpaired) electrons. The van der Waals surface area contributed by atoms with Crippen LogP contribution in [0.2, 0.25) is 0 Å². The summed E-state index contributed by atoms with van der Waals surface area (Å²) in [5, 5.41) is 11.2. The molecule has 196 valence electrons. The highest BCUT2D eigenvalue weighted by Gasteiger charge is 2.25. The van der Waals surface area contributed by atoms with E-state index >= 15 is 0 Å². The van der Waals surface area contributed by atoms with Gasteiger partial charge in [0.05, 0.1) is 16.9 Å². The molecule has 13 heteroatoms.